The molecule has 1 saturated carbocycles. The van der Waals surface area contributed by atoms with Crippen molar-refractivity contribution in [3.8, 4) is 0 Å². The van der Waals surface area contributed by atoms with E-state index in [4.69, 9.17) is 4.98 Å². The molecule has 19 heavy (non-hydrogen) atoms. The quantitative estimate of drug-likeness (QED) is 0.911. The van der Waals surface area contributed by atoms with Crippen LogP contribution in [-0.4, -0.2) is 16.1 Å². The molecule has 0 atom stereocenters. The largest absolute Gasteiger partial charge is 0.330 e. The minimum atomic E-state index is 0.505. The Morgan fingerprint density at radius 1 is 1.26 bits per heavy atom. The van der Waals surface area contributed by atoms with Gasteiger partial charge in [-0.25, -0.2) is 4.98 Å². The van der Waals surface area contributed by atoms with Gasteiger partial charge in [0.2, 0.25) is 0 Å². The zero-order chi connectivity index (χ0) is 13.3. The average molecular weight is 257 g/mol. The third-order valence-corrected chi connectivity index (χ3v) is 4.53. The van der Waals surface area contributed by atoms with Gasteiger partial charge in [0.05, 0.1) is 17.6 Å². The maximum absolute atomic E-state index is 4.70. The lowest BCUT2D eigenvalue weighted by atomic mass is 9.89. The second-order valence-corrected chi connectivity index (χ2v) is 6.20. The molecule has 102 valence electrons. The first kappa shape index (κ1) is 12.7. The van der Waals surface area contributed by atoms with Gasteiger partial charge < -0.3 is 9.88 Å². The summed E-state index contributed by atoms with van der Waals surface area (Å²) in [6.07, 6.45) is 5.51. The number of rotatable bonds is 4. The summed E-state index contributed by atoms with van der Waals surface area (Å²) in [4.78, 5) is 4.70. The zero-order valence-corrected chi connectivity index (χ0v) is 11.9. The van der Waals surface area contributed by atoms with Crippen LogP contribution in [0.4, 0.5) is 0 Å². The van der Waals surface area contributed by atoms with Crippen molar-refractivity contribution in [2.75, 3.05) is 6.54 Å². The Balaban J connectivity index is 1.67. The molecule has 3 rings (SSSR count). The molecule has 3 heteroatoms. The molecule has 0 saturated heterocycles. The van der Waals surface area contributed by atoms with Crippen molar-refractivity contribution in [2.45, 2.75) is 39.2 Å². The SMILES string of the molecule is Cn1c(CNCC2(C)CCCC2)nc2ccccc21. The van der Waals surface area contributed by atoms with Gasteiger partial charge in [0.1, 0.15) is 5.82 Å². The molecule has 2 aromatic rings. The fraction of sp³-hybridized carbons (Fsp3) is 0.562. The Morgan fingerprint density at radius 3 is 2.74 bits per heavy atom. The molecule has 1 N–H and O–H groups in total. The average Bonchev–Trinajstić information content (AvgIpc) is 2.96. The van der Waals surface area contributed by atoms with Crippen LogP contribution >= 0.6 is 0 Å². The van der Waals surface area contributed by atoms with Crippen LogP contribution in [0.3, 0.4) is 0 Å². The highest BCUT2D eigenvalue weighted by Crippen LogP contribution is 2.36. The second kappa shape index (κ2) is 4.97. The normalized spacial score (nSPS) is 18.2. The van der Waals surface area contributed by atoms with Gasteiger partial charge in [0.15, 0.2) is 0 Å². The molecule has 0 aliphatic heterocycles. The van der Waals surface area contributed by atoms with E-state index in [1.54, 1.807) is 0 Å². The number of aromatic nitrogens is 2. The Hall–Kier alpha value is -1.35. The number of aryl methyl sites for hydroxylation is 1. The summed E-state index contributed by atoms with van der Waals surface area (Å²) in [5.41, 5.74) is 2.81. The Bertz CT molecular complexity index is 564. The number of nitrogens with zero attached hydrogens (tertiary/aromatic N) is 2. The zero-order valence-electron chi connectivity index (χ0n) is 11.9. The summed E-state index contributed by atoms with van der Waals surface area (Å²) >= 11 is 0. The van der Waals surface area contributed by atoms with E-state index in [1.165, 1.54) is 31.2 Å². The minimum absolute atomic E-state index is 0.505. The van der Waals surface area contributed by atoms with E-state index in [0.29, 0.717) is 5.41 Å². The van der Waals surface area contributed by atoms with Crippen LogP contribution in [0.25, 0.3) is 11.0 Å². The van der Waals surface area contributed by atoms with Gasteiger partial charge in [-0.3, -0.25) is 0 Å². The van der Waals surface area contributed by atoms with Crippen molar-refractivity contribution in [3.05, 3.63) is 30.1 Å². The number of fused-ring (bicyclic) bond motifs is 1. The summed E-state index contributed by atoms with van der Waals surface area (Å²) in [6.45, 7) is 4.37. The molecule has 1 heterocycles. The van der Waals surface area contributed by atoms with Gasteiger partial charge in [-0.05, 0) is 30.4 Å². The standard InChI is InChI=1S/C16H23N3/c1-16(9-5-6-10-16)12-17-11-15-18-13-7-3-4-8-14(13)19(15)2/h3-4,7-8,17H,5-6,9-12H2,1-2H3. The Morgan fingerprint density at radius 2 is 2.00 bits per heavy atom. The van der Waals surface area contributed by atoms with Crippen LogP contribution in [0.15, 0.2) is 24.3 Å². The number of para-hydroxylation sites is 2. The highest BCUT2D eigenvalue weighted by atomic mass is 15.1. The third kappa shape index (κ3) is 2.52. The van der Waals surface area contributed by atoms with E-state index in [2.05, 4.69) is 42.1 Å². The van der Waals surface area contributed by atoms with Crippen LogP contribution < -0.4 is 5.32 Å². The number of hydrogen-bond donors (Lipinski definition) is 1. The van der Waals surface area contributed by atoms with Gasteiger partial charge in [-0.1, -0.05) is 31.9 Å². The lowest BCUT2D eigenvalue weighted by Crippen LogP contribution is -2.29. The lowest BCUT2D eigenvalue weighted by Gasteiger charge is -2.23. The molecule has 0 radical (unpaired) electrons. The summed E-state index contributed by atoms with van der Waals surface area (Å²) in [7, 11) is 2.10. The smallest absolute Gasteiger partial charge is 0.123 e. The second-order valence-electron chi connectivity index (χ2n) is 6.20. The van der Waals surface area contributed by atoms with E-state index >= 15 is 0 Å². The molecule has 1 aliphatic carbocycles. The maximum atomic E-state index is 4.70. The van der Waals surface area contributed by atoms with Gasteiger partial charge in [-0.15, -0.1) is 0 Å². The molecule has 1 fully saturated rings. The van der Waals surface area contributed by atoms with E-state index in [-0.39, 0.29) is 0 Å². The third-order valence-electron chi connectivity index (χ3n) is 4.53. The van der Waals surface area contributed by atoms with Crippen molar-refractivity contribution in [2.24, 2.45) is 12.5 Å². The fourth-order valence-corrected chi connectivity index (χ4v) is 3.23. The Labute approximate surface area is 115 Å². The van der Waals surface area contributed by atoms with Crippen LogP contribution in [0, 0.1) is 5.41 Å². The van der Waals surface area contributed by atoms with Crippen LogP contribution in [-0.2, 0) is 13.6 Å². The first-order valence-corrected chi connectivity index (χ1v) is 7.29. The highest BCUT2D eigenvalue weighted by Gasteiger charge is 2.27. The van der Waals surface area contributed by atoms with E-state index in [9.17, 15) is 0 Å². The summed E-state index contributed by atoms with van der Waals surface area (Å²) < 4.78 is 2.19. The molecular weight excluding hydrogens is 234 g/mol. The van der Waals surface area contributed by atoms with Gasteiger partial charge in [0, 0.05) is 13.6 Å². The molecule has 0 bridgehead atoms. The molecule has 0 amide bonds. The first-order valence-electron chi connectivity index (χ1n) is 7.29. The maximum Gasteiger partial charge on any atom is 0.123 e. The van der Waals surface area contributed by atoms with Crippen molar-refractivity contribution in [1.29, 1.82) is 0 Å². The van der Waals surface area contributed by atoms with Crippen molar-refractivity contribution in [1.82, 2.24) is 14.9 Å². The molecule has 1 aromatic carbocycles. The summed E-state index contributed by atoms with van der Waals surface area (Å²) in [6, 6.07) is 8.33. The molecule has 0 unspecified atom stereocenters. The molecule has 0 spiro atoms. The van der Waals surface area contributed by atoms with Crippen molar-refractivity contribution in [3.63, 3.8) is 0 Å². The van der Waals surface area contributed by atoms with Crippen LogP contribution in [0.5, 0.6) is 0 Å². The Kier molecular flexibility index (Phi) is 3.31. The topological polar surface area (TPSA) is 29.9 Å². The highest BCUT2D eigenvalue weighted by molar-refractivity contribution is 5.75. The van der Waals surface area contributed by atoms with Gasteiger partial charge >= 0.3 is 0 Å². The molecule has 1 aromatic heterocycles. The molecule has 1 aliphatic rings. The number of imidazole rings is 1. The van der Waals surface area contributed by atoms with Crippen molar-refractivity contribution < 1.29 is 0 Å². The number of hydrogen-bond acceptors (Lipinski definition) is 2. The van der Waals surface area contributed by atoms with Crippen molar-refractivity contribution >= 4 is 11.0 Å². The number of nitrogens with one attached hydrogen (secondary N) is 1. The molecular formula is C16H23N3. The lowest BCUT2D eigenvalue weighted by molar-refractivity contribution is 0.313. The van der Waals surface area contributed by atoms with Crippen LogP contribution in [0.1, 0.15) is 38.4 Å². The van der Waals surface area contributed by atoms with Crippen LogP contribution in [0.2, 0.25) is 0 Å². The minimum Gasteiger partial charge on any atom is -0.330 e. The number of benzene rings is 1. The first-order chi connectivity index (χ1) is 9.18. The molecule has 3 nitrogen and oxygen atoms in total. The predicted octanol–water partition coefficient (Wildman–Crippen LogP) is 3.24. The fourth-order valence-electron chi connectivity index (χ4n) is 3.23. The summed E-state index contributed by atoms with van der Waals surface area (Å²) in [5.74, 6) is 1.13. The monoisotopic (exact) mass is 257 g/mol. The van der Waals surface area contributed by atoms with Gasteiger partial charge in [-0.2, -0.15) is 0 Å². The predicted molar refractivity (Wildman–Crippen MR) is 79.0 cm³/mol. The summed E-state index contributed by atoms with van der Waals surface area (Å²) in [5, 5.41) is 3.60. The van der Waals surface area contributed by atoms with E-state index < -0.39 is 0 Å². The van der Waals surface area contributed by atoms with E-state index in [0.717, 1.165) is 24.4 Å². The van der Waals surface area contributed by atoms with E-state index in [1.807, 2.05) is 6.07 Å². The van der Waals surface area contributed by atoms with Gasteiger partial charge in [0.25, 0.3) is 0 Å².